The lowest BCUT2D eigenvalue weighted by atomic mass is 9.84. The van der Waals surface area contributed by atoms with E-state index in [1.54, 1.807) is 0 Å². The molecule has 2 aromatic rings. The zero-order valence-corrected chi connectivity index (χ0v) is 22.6. The average Bonchev–Trinajstić information content (AvgIpc) is 3.45. The van der Waals surface area contributed by atoms with Crippen LogP contribution in [0, 0.1) is 6.92 Å². The normalized spacial score (nSPS) is 34.2. The van der Waals surface area contributed by atoms with Crippen molar-refractivity contribution in [2.24, 2.45) is 0 Å². The van der Waals surface area contributed by atoms with E-state index in [1.165, 1.54) is 54.1 Å². The third kappa shape index (κ3) is 4.35. The van der Waals surface area contributed by atoms with Gasteiger partial charge in [-0.25, -0.2) is 4.98 Å². The fourth-order valence-corrected chi connectivity index (χ4v) is 7.20. The van der Waals surface area contributed by atoms with Gasteiger partial charge in [-0.05, 0) is 56.5 Å². The smallest absolute Gasteiger partial charge is 0.129 e. The van der Waals surface area contributed by atoms with Crippen LogP contribution in [0.3, 0.4) is 0 Å². The van der Waals surface area contributed by atoms with E-state index in [9.17, 15) is 0 Å². The number of quaternary nitrogens is 1. The minimum atomic E-state index is 0. The maximum atomic E-state index is 5.80. The summed E-state index contributed by atoms with van der Waals surface area (Å²) in [7, 11) is 7.07. The molecule has 0 radical (unpaired) electrons. The van der Waals surface area contributed by atoms with Crippen LogP contribution in [0.2, 0.25) is 5.15 Å². The van der Waals surface area contributed by atoms with E-state index in [0.29, 0.717) is 11.1 Å². The number of likely N-dealkylation sites (N-methyl/N-ethyl adjacent to an activating group) is 2. The second-order valence-electron chi connectivity index (χ2n) is 10.7. The molecule has 6 atom stereocenters. The Morgan fingerprint density at radius 3 is 2.12 bits per heavy atom. The molecule has 4 nitrogen and oxygen atoms in total. The van der Waals surface area contributed by atoms with Gasteiger partial charge in [0.2, 0.25) is 0 Å². The number of hydrogen-bond acceptors (Lipinski definition) is 3. The molecule has 0 amide bonds. The van der Waals surface area contributed by atoms with Crippen molar-refractivity contribution in [3.8, 4) is 0 Å². The summed E-state index contributed by atoms with van der Waals surface area (Å²) < 4.78 is 1.23. The van der Waals surface area contributed by atoms with Crippen molar-refractivity contribution >= 4 is 11.6 Å². The molecular weight excluding hydrogens is 531 g/mol. The number of nitrogens with zero attached hydrogens (tertiary/aromatic N) is 4. The van der Waals surface area contributed by atoms with Crippen LogP contribution in [0.5, 0.6) is 0 Å². The molecule has 4 bridgehead atoms. The summed E-state index contributed by atoms with van der Waals surface area (Å²) in [5.74, 6) is 1.43. The van der Waals surface area contributed by atoms with Gasteiger partial charge in [0.25, 0.3) is 0 Å². The maximum Gasteiger partial charge on any atom is 0.129 e. The van der Waals surface area contributed by atoms with E-state index in [1.807, 2.05) is 12.3 Å². The van der Waals surface area contributed by atoms with E-state index >= 15 is 0 Å². The standard InChI is InChI=1S/C14H21N2.C12H15ClN2.HI/c1-10-4-5-11(9-15-10)13-8-12-6-7-14(13)16(12,2)3;1-15-9-3-4-11(15)10(6-9)8-2-5-12(13)14-7-8;/h4-5,9,12-14H,6-8H2,1-3H3;2,5,7,9-11H,3-4,6H2,1H3;1H/q+1;;/p-1. The first-order chi connectivity index (χ1) is 14.8. The van der Waals surface area contributed by atoms with Gasteiger partial charge < -0.3 is 28.5 Å². The number of fused-ring (bicyclic) bond motifs is 4. The Kier molecular flexibility index (Phi) is 7.21. The van der Waals surface area contributed by atoms with Crippen molar-refractivity contribution in [1.82, 2.24) is 14.9 Å². The lowest BCUT2D eigenvalue weighted by Crippen LogP contribution is -3.00. The Morgan fingerprint density at radius 1 is 0.906 bits per heavy atom. The van der Waals surface area contributed by atoms with Crippen LogP contribution in [0.1, 0.15) is 67.2 Å². The average molecular weight is 567 g/mol. The van der Waals surface area contributed by atoms with E-state index < -0.39 is 0 Å². The van der Waals surface area contributed by atoms with Gasteiger partial charge >= 0.3 is 0 Å². The molecule has 32 heavy (non-hydrogen) atoms. The SMILES string of the molecule is CN1C2CCC1C(c1ccc(Cl)nc1)C2.Cc1ccc(C2CC3CCC2[N+]3(C)C)cn1.[I-]. The molecule has 4 saturated heterocycles. The molecule has 6 rings (SSSR count). The summed E-state index contributed by atoms with van der Waals surface area (Å²) in [5.41, 5.74) is 3.95. The third-order valence-corrected chi connectivity index (χ3v) is 9.23. The largest absolute Gasteiger partial charge is 1.00 e. The molecule has 0 N–H and O–H groups in total. The highest BCUT2D eigenvalue weighted by molar-refractivity contribution is 6.29. The number of halogens is 2. The van der Waals surface area contributed by atoms with Gasteiger partial charge in [0.1, 0.15) is 5.15 Å². The quantitative estimate of drug-likeness (QED) is 0.317. The lowest BCUT2D eigenvalue weighted by Gasteiger charge is -2.31. The fraction of sp³-hybridized carbons (Fsp3) is 0.615. The molecular formula is C26H36ClIN4. The van der Waals surface area contributed by atoms with Crippen molar-refractivity contribution in [3.63, 3.8) is 0 Å². The second kappa shape index (κ2) is 9.47. The van der Waals surface area contributed by atoms with Crippen molar-refractivity contribution in [2.75, 3.05) is 21.1 Å². The Labute approximate surface area is 215 Å². The molecule has 6 heterocycles. The van der Waals surface area contributed by atoms with Gasteiger partial charge in [-0.15, -0.1) is 0 Å². The summed E-state index contributed by atoms with van der Waals surface area (Å²) in [5, 5.41) is 0.593. The first-order valence-corrected chi connectivity index (χ1v) is 12.3. The van der Waals surface area contributed by atoms with Crippen molar-refractivity contribution in [2.45, 2.75) is 81.5 Å². The van der Waals surface area contributed by atoms with Gasteiger partial charge in [-0.3, -0.25) is 9.88 Å². The molecule has 0 spiro atoms. The lowest BCUT2D eigenvalue weighted by molar-refractivity contribution is -0.912. The Balaban J connectivity index is 0.000000149. The van der Waals surface area contributed by atoms with Gasteiger partial charge in [-0.1, -0.05) is 23.7 Å². The highest BCUT2D eigenvalue weighted by Gasteiger charge is 2.54. The first-order valence-electron chi connectivity index (χ1n) is 11.9. The number of aryl methyl sites for hydroxylation is 1. The second-order valence-corrected chi connectivity index (χ2v) is 11.1. The zero-order chi connectivity index (χ0) is 21.8. The Morgan fingerprint density at radius 2 is 1.62 bits per heavy atom. The van der Waals surface area contributed by atoms with Crippen LogP contribution in [0.25, 0.3) is 0 Å². The first kappa shape index (κ1) is 24.4. The van der Waals surface area contributed by atoms with Crippen molar-refractivity contribution in [3.05, 3.63) is 58.6 Å². The molecule has 4 aliphatic rings. The molecule has 4 fully saturated rings. The molecule has 0 aliphatic carbocycles. The summed E-state index contributed by atoms with van der Waals surface area (Å²) >= 11 is 5.80. The monoisotopic (exact) mass is 566 g/mol. The highest BCUT2D eigenvalue weighted by Crippen LogP contribution is 2.49. The minimum Gasteiger partial charge on any atom is -1.00 e. The Bertz CT molecular complexity index is 916. The minimum absolute atomic E-state index is 0. The fourth-order valence-electron chi connectivity index (χ4n) is 7.09. The van der Waals surface area contributed by atoms with Gasteiger partial charge in [-0.2, -0.15) is 0 Å². The predicted molar refractivity (Wildman–Crippen MR) is 126 cm³/mol. The molecule has 0 aromatic carbocycles. The van der Waals surface area contributed by atoms with Gasteiger partial charge in [0, 0.05) is 61.3 Å². The number of rotatable bonds is 2. The highest BCUT2D eigenvalue weighted by atomic mass is 127. The predicted octanol–water partition coefficient (Wildman–Crippen LogP) is 2.17. The van der Waals surface area contributed by atoms with E-state index in [2.05, 4.69) is 67.3 Å². The summed E-state index contributed by atoms with van der Waals surface area (Å²) in [4.78, 5) is 11.2. The topological polar surface area (TPSA) is 29.0 Å². The van der Waals surface area contributed by atoms with Gasteiger partial charge in [0.15, 0.2) is 0 Å². The molecule has 6 heteroatoms. The number of hydrogen-bond donors (Lipinski definition) is 0. The van der Waals surface area contributed by atoms with Crippen molar-refractivity contribution < 1.29 is 28.5 Å². The molecule has 2 aromatic heterocycles. The Hall–Kier alpha value is -0.760. The third-order valence-electron chi connectivity index (χ3n) is 9.01. The van der Waals surface area contributed by atoms with Crippen LogP contribution in [-0.2, 0) is 0 Å². The summed E-state index contributed by atoms with van der Waals surface area (Å²) in [6.45, 7) is 2.06. The summed E-state index contributed by atoms with van der Waals surface area (Å²) in [6.07, 6.45) is 12.2. The molecule has 4 aliphatic heterocycles. The van der Waals surface area contributed by atoms with Crippen LogP contribution in [0.4, 0.5) is 0 Å². The van der Waals surface area contributed by atoms with Crippen LogP contribution >= 0.6 is 11.6 Å². The van der Waals surface area contributed by atoms with Crippen molar-refractivity contribution in [1.29, 1.82) is 0 Å². The van der Waals surface area contributed by atoms with E-state index in [-0.39, 0.29) is 24.0 Å². The molecule has 6 unspecified atom stereocenters. The van der Waals surface area contributed by atoms with E-state index in [0.717, 1.165) is 35.8 Å². The van der Waals surface area contributed by atoms with Gasteiger partial charge in [0.05, 0.1) is 26.2 Å². The summed E-state index contributed by atoms with van der Waals surface area (Å²) in [6, 6.07) is 11.7. The molecule has 174 valence electrons. The number of aromatic nitrogens is 2. The maximum absolute atomic E-state index is 5.80. The number of pyridine rings is 2. The van der Waals surface area contributed by atoms with Crippen LogP contribution < -0.4 is 24.0 Å². The van der Waals surface area contributed by atoms with Crippen LogP contribution in [-0.4, -0.2) is 64.7 Å². The zero-order valence-electron chi connectivity index (χ0n) is 19.7. The van der Waals surface area contributed by atoms with Crippen LogP contribution in [0.15, 0.2) is 36.7 Å². The molecule has 0 saturated carbocycles. The van der Waals surface area contributed by atoms with E-state index in [4.69, 9.17) is 11.6 Å².